The van der Waals surface area contributed by atoms with Gasteiger partial charge < -0.3 is 55.3 Å². The number of rotatable bonds is 13. The fourth-order valence-electron chi connectivity index (χ4n) is 5.86. The number of carboxylic acids is 1. The molecule has 2 atom stereocenters. The second-order valence-electron chi connectivity index (χ2n) is 13.3. The maximum atomic E-state index is 12.7. The molecule has 0 saturated carbocycles. The standard InChI is InChI=1S/C22H23N5O5.C20H19N5O5.2Na/c1-3-32-19(29)12-16(14-5-4-6-15(11-14)17-13-23-8-9-24-17)25-22(31)26-20-18(28)7-10-27(2)21(20)30;1-25-8-5-16(26)18(19(25)29)24-20(30)23-14(10-17(27)28)12-3-2-4-13(9-12)15-11-21-6-7-22-15;;/h4-11,13,16,28H,3,12H2,1-2H3,(H2,25,26,31);2-9,11,14,26H,10H2,1H3,(H,27,28)(H2,23,24,30);;/q;;2*+1/p-2/t16-;14-;;/m00../s1. The van der Waals surface area contributed by atoms with Crippen LogP contribution in [0.1, 0.15) is 43.0 Å². The van der Waals surface area contributed by atoms with Crippen molar-refractivity contribution in [2.45, 2.75) is 31.8 Å². The van der Waals surface area contributed by atoms with Crippen LogP contribution in [0.2, 0.25) is 0 Å². The molecule has 4 heterocycles. The third kappa shape index (κ3) is 14.6. The zero-order valence-electron chi connectivity index (χ0n) is 35.5. The molecule has 5 N–H and O–H groups in total. The summed E-state index contributed by atoms with van der Waals surface area (Å²) in [5.74, 6) is -2.91. The maximum absolute atomic E-state index is 12.7. The van der Waals surface area contributed by atoms with Crippen LogP contribution in [0, 0.1) is 0 Å². The number of aliphatic carboxylic acids is 1. The number of urea groups is 2. The van der Waals surface area contributed by atoms with Crippen LogP contribution in [0.5, 0.6) is 11.5 Å². The predicted octanol–water partition coefficient (Wildman–Crippen LogP) is -3.71. The molecule has 6 aromatic rings. The number of hydrogen-bond donors (Lipinski definition) is 5. The summed E-state index contributed by atoms with van der Waals surface area (Å²) in [6, 6.07) is 12.9. The molecule has 0 bridgehead atoms. The number of aryl methyl sites for hydroxylation is 2. The van der Waals surface area contributed by atoms with Gasteiger partial charge in [-0.1, -0.05) is 48.2 Å². The topological polar surface area (TPSA) is 288 Å². The minimum absolute atomic E-state index is 0. The summed E-state index contributed by atoms with van der Waals surface area (Å²) in [6.07, 6.45) is 11.3. The number of carbonyl (C=O) groups excluding carboxylic acids is 4. The number of nitrogens with one attached hydrogen (secondary N) is 4. The van der Waals surface area contributed by atoms with Gasteiger partial charge in [0.15, 0.2) is 5.69 Å². The number of nitrogens with zero attached hydrogens (tertiary/aromatic N) is 6. The Balaban J connectivity index is 0.000000331. The monoisotopic (exact) mass is 890 g/mol. The van der Waals surface area contributed by atoms with Crippen molar-refractivity contribution >= 4 is 35.4 Å². The SMILES string of the molecule is CCOC(=O)C[C@H](NC(=O)Nc1c(O)ccn(C)c1=O)c1cccc(-c2cnccn2)c1.Cn1ccc([O-])c(NC(=O)N[C@@H](CC(=O)[O-])c2cccc(-c3cnccn3)c2)c1=O.[Na+].[Na+]. The van der Waals surface area contributed by atoms with E-state index in [-0.39, 0.29) is 83.6 Å². The average molecular weight is 891 g/mol. The van der Waals surface area contributed by atoms with Crippen molar-refractivity contribution in [1.29, 1.82) is 0 Å². The molecule has 0 fully saturated rings. The van der Waals surface area contributed by atoms with E-state index in [4.69, 9.17) is 4.74 Å². The van der Waals surface area contributed by atoms with Crippen molar-refractivity contribution in [2.24, 2.45) is 14.1 Å². The fraction of sp³-hybridized carbons (Fsp3) is 0.190. The van der Waals surface area contributed by atoms with Crippen LogP contribution >= 0.6 is 0 Å². The third-order valence-corrected chi connectivity index (χ3v) is 8.91. The quantitative estimate of drug-likeness (QED) is 0.0551. The van der Waals surface area contributed by atoms with Crippen molar-refractivity contribution < 1.29 is 98.3 Å². The molecular weight excluding hydrogens is 851 g/mol. The molecule has 320 valence electrons. The van der Waals surface area contributed by atoms with Gasteiger partial charge in [-0.2, -0.15) is 0 Å². The van der Waals surface area contributed by atoms with E-state index in [1.165, 1.54) is 49.5 Å². The van der Waals surface area contributed by atoms with Gasteiger partial charge in [-0.15, -0.1) is 0 Å². The van der Waals surface area contributed by atoms with Gasteiger partial charge in [0.1, 0.15) is 11.4 Å². The summed E-state index contributed by atoms with van der Waals surface area (Å²) in [5, 5.41) is 42.8. The number of aromatic hydroxyl groups is 1. The zero-order valence-corrected chi connectivity index (χ0v) is 39.5. The predicted molar refractivity (Wildman–Crippen MR) is 220 cm³/mol. The van der Waals surface area contributed by atoms with Crippen molar-refractivity contribution in [3.8, 4) is 34.0 Å². The summed E-state index contributed by atoms with van der Waals surface area (Å²) in [7, 11) is 2.92. The van der Waals surface area contributed by atoms with E-state index < -0.39 is 65.1 Å². The first kappa shape index (κ1) is 51.9. The van der Waals surface area contributed by atoms with E-state index in [0.717, 1.165) is 16.2 Å². The Morgan fingerprint density at radius 1 is 0.719 bits per heavy atom. The number of amides is 4. The third-order valence-electron chi connectivity index (χ3n) is 8.91. The van der Waals surface area contributed by atoms with Gasteiger partial charge in [0.2, 0.25) is 0 Å². The molecule has 20 nitrogen and oxygen atoms in total. The number of anilines is 2. The number of esters is 1. The number of ether oxygens (including phenoxy) is 1. The van der Waals surface area contributed by atoms with Crippen molar-refractivity contribution in [3.05, 3.63) is 142 Å². The average Bonchev–Trinajstić information content (AvgIpc) is 3.27. The van der Waals surface area contributed by atoms with Crippen LogP contribution in [0.3, 0.4) is 0 Å². The van der Waals surface area contributed by atoms with Gasteiger partial charge in [0.25, 0.3) is 11.1 Å². The van der Waals surface area contributed by atoms with Gasteiger partial charge in [-0.3, -0.25) is 34.3 Å². The normalized spacial score (nSPS) is 11.1. The first-order chi connectivity index (χ1) is 29.7. The first-order valence-corrected chi connectivity index (χ1v) is 18.7. The van der Waals surface area contributed by atoms with Crippen molar-refractivity contribution in [3.63, 3.8) is 0 Å². The Morgan fingerprint density at radius 2 is 1.20 bits per heavy atom. The Bertz CT molecular complexity index is 2670. The number of hydrogen-bond acceptors (Lipinski definition) is 14. The minimum atomic E-state index is -1.38. The molecule has 22 heteroatoms. The summed E-state index contributed by atoms with van der Waals surface area (Å²) in [5.41, 5.74) is 1.76. The van der Waals surface area contributed by atoms with E-state index in [1.54, 1.807) is 74.2 Å². The second-order valence-corrected chi connectivity index (χ2v) is 13.3. The number of carbonyl (C=O) groups is 4. The van der Waals surface area contributed by atoms with Gasteiger partial charge in [-0.05, 0) is 36.2 Å². The summed E-state index contributed by atoms with van der Waals surface area (Å²) in [6.45, 7) is 1.89. The van der Waals surface area contributed by atoms with Gasteiger partial charge in [-0.25, -0.2) is 9.59 Å². The molecule has 4 aromatic heterocycles. The molecule has 0 radical (unpaired) electrons. The van der Waals surface area contributed by atoms with E-state index in [1.807, 2.05) is 6.07 Å². The molecule has 0 aliphatic heterocycles. The Labute approximate surface area is 409 Å². The molecule has 4 amide bonds. The van der Waals surface area contributed by atoms with E-state index in [0.29, 0.717) is 28.1 Å². The van der Waals surface area contributed by atoms with Crippen molar-refractivity contribution in [2.75, 3.05) is 17.2 Å². The number of carboxylic acid groups (broad SMARTS) is 1. The van der Waals surface area contributed by atoms with Crippen LogP contribution in [0.25, 0.3) is 22.5 Å². The molecule has 0 aliphatic rings. The molecule has 0 saturated heterocycles. The first-order valence-electron chi connectivity index (χ1n) is 18.7. The maximum Gasteiger partial charge on any atom is 1.00 e. The van der Waals surface area contributed by atoms with Gasteiger partial charge >= 0.3 is 77.1 Å². The summed E-state index contributed by atoms with van der Waals surface area (Å²) < 4.78 is 7.39. The van der Waals surface area contributed by atoms with Crippen LogP contribution in [0.15, 0.2) is 120 Å². The van der Waals surface area contributed by atoms with Gasteiger partial charge in [0, 0.05) is 74.8 Å². The summed E-state index contributed by atoms with van der Waals surface area (Å²) in [4.78, 5) is 89.2. The molecule has 2 aromatic carbocycles. The molecule has 0 unspecified atom stereocenters. The molecule has 64 heavy (non-hydrogen) atoms. The Kier molecular flexibility index (Phi) is 20.3. The van der Waals surface area contributed by atoms with Crippen LogP contribution in [0.4, 0.5) is 21.0 Å². The van der Waals surface area contributed by atoms with E-state index >= 15 is 0 Å². The second kappa shape index (κ2) is 25.0. The Hall–Kier alpha value is -6.42. The summed E-state index contributed by atoms with van der Waals surface area (Å²) >= 11 is 0. The molecular formula is C42H40N10Na2O10. The molecule has 6 rings (SSSR count). The van der Waals surface area contributed by atoms with Crippen LogP contribution in [-0.4, -0.2) is 64.8 Å². The van der Waals surface area contributed by atoms with Crippen LogP contribution in [-0.2, 0) is 28.4 Å². The fourth-order valence-corrected chi connectivity index (χ4v) is 5.86. The largest absolute Gasteiger partial charge is 1.00 e. The zero-order chi connectivity index (χ0) is 44.8. The smallest absolute Gasteiger partial charge is 0.871 e. The minimum Gasteiger partial charge on any atom is -0.871 e. The van der Waals surface area contributed by atoms with E-state index in [9.17, 15) is 44.1 Å². The number of aromatic nitrogens is 6. The number of pyridine rings is 2. The van der Waals surface area contributed by atoms with E-state index in [2.05, 4.69) is 41.2 Å². The number of benzene rings is 2. The Morgan fingerprint density at radius 3 is 1.69 bits per heavy atom. The van der Waals surface area contributed by atoms with Crippen LogP contribution < -0.4 is 102 Å². The molecule has 0 spiro atoms. The van der Waals surface area contributed by atoms with Crippen molar-refractivity contribution in [1.82, 2.24) is 39.7 Å². The molecule has 0 aliphatic carbocycles. The van der Waals surface area contributed by atoms with Gasteiger partial charge in [0.05, 0.1) is 48.9 Å².